The molecule has 1 aromatic heterocycles. The Balaban J connectivity index is 1.84. The zero-order valence-electron chi connectivity index (χ0n) is 15.3. The van der Waals surface area contributed by atoms with Crippen molar-refractivity contribution >= 4 is 11.6 Å². The Bertz CT molecular complexity index is 903. The molecular weight excluding hydrogens is 373 g/mol. The minimum Gasteiger partial charge on any atom is -0.369 e. The summed E-state index contributed by atoms with van der Waals surface area (Å²) in [5.41, 5.74) is -0.0813. The van der Waals surface area contributed by atoms with Gasteiger partial charge in [0.15, 0.2) is 0 Å². The van der Waals surface area contributed by atoms with Gasteiger partial charge in [0.05, 0.1) is 5.56 Å². The van der Waals surface area contributed by atoms with Gasteiger partial charge < -0.3 is 20.1 Å². The monoisotopic (exact) mass is 394 g/mol. The van der Waals surface area contributed by atoms with Gasteiger partial charge in [0.1, 0.15) is 5.69 Å². The molecule has 0 aliphatic carbocycles. The zero-order valence-corrected chi connectivity index (χ0v) is 15.3. The van der Waals surface area contributed by atoms with Gasteiger partial charge in [-0.05, 0) is 36.9 Å². The number of hydrogen-bond donors (Lipinski definition) is 2. The number of nitrogens with one attached hydrogen (secondary N) is 2. The first-order valence-corrected chi connectivity index (χ1v) is 8.85. The summed E-state index contributed by atoms with van der Waals surface area (Å²) in [7, 11) is 1.99. The largest absolute Gasteiger partial charge is 0.416 e. The van der Waals surface area contributed by atoms with E-state index in [-0.39, 0.29) is 12.2 Å². The number of alkyl halides is 3. The molecule has 0 spiro atoms. The number of amides is 1. The van der Waals surface area contributed by atoms with Crippen LogP contribution in [0.25, 0.3) is 0 Å². The smallest absolute Gasteiger partial charge is 0.369 e. The van der Waals surface area contributed by atoms with Crippen molar-refractivity contribution in [3.63, 3.8) is 0 Å². The standard InChI is InChI=1S/C19H21F3N4O2/c1-25-7-9-26(10-8-25)16-6-5-14(19(20,21)22)11-13(16)12-23-18(28)15-3-2-4-17(27)24-15/h2-6,11H,7-10,12H2,1H3,(H,23,28)(H,24,27). The Morgan fingerprint density at radius 1 is 1.14 bits per heavy atom. The number of benzene rings is 1. The van der Waals surface area contributed by atoms with E-state index in [1.54, 1.807) is 0 Å². The number of carbonyl (C=O) groups is 1. The van der Waals surface area contributed by atoms with Crippen LogP contribution in [0.4, 0.5) is 18.9 Å². The van der Waals surface area contributed by atoms with Gasteiger partial charge in [-0.1, -0.05) is 6.07 Å². The van der Waals surface area contributed by atoms with Crippen molar-refractivity contribution < 1.29 is 18.0 Å². The average molecular weight is 394 g/mol. The van der Waals surface area contributed by atoms with Gasteiger partial charge in [-0.25, -0.2) is 0 Å². The van der Waals surface area contributed by atoms with Crippen LogP contribution in [0, 0.1) is 0 Å². The fraction of sp³-hybridized carbons (Fsp3) is 0.368. The van der Waals surface area contributed by atoms with Gasteiger partial charge in [-0.15, -0.1) is 0 Å². The van der Waals surface area contributed by atoms with E-state index in [0.717, 1.165) is 25.2 Å². The van der Waals surface area contributed by atoms with Gasteiger partial charge in [0, 0.05) is 44.5 Å². The summed E-state index contributed by atoms with van der Waals surface area (Å²) in [6.45, 7) is 2.90. The number of anilines is 1. The van der Waals surface area contributed by atoms with Crippen molar-refractivity contribution in [1.82, 2.24) is 15.2 Å². The Kier molecular flexibility index (Phi) is 5.73. The van der Waals surface area contributed by atoms with Crippen LogP contribution in [-0.4, -0.2) is 49.0 Å². The summed E-state index contributed by atoms with van der Waals surface area (Å²) in [6.07, 6.45) is -4.47. The molecule has 1 saturated heterocycles. The molecule has 9 heteroatoms. The third-order valence-corrected chi connectivity index (χ3v) is 4.70. The van der Waals surface area contributed by atoms with Crippen LogP contribution >= 0.6 is 0 Å². The van der Waals surface area contributed by atoms with Crippen LogP contribution in [0.3, 0.4) is 0 Å². The van der Waals surface area contributed by atoms with Gasteiger partial charge in [-0.2, -0.15) is 13.2 Å². The molecule has 1 fully saturated rings. The van der Waals surface area contributed by atoms with Gasteiger partial charge in [-0.3, -0.25) is 9.59 Å². The number of aromatic nitrogens is 1. The maximum atomic E-state index is 13.2. The number of likely N-dealkylation sites (N-methyl/N-ethyl adjacent to an activating group) is 1. The first kappa shape index (κ1) is 19.9. The van der Waals surface area contributed by atoms with Crippen LogP contribution < -0.4 is 15.8 Å². The molecule has 1 aliphatic heterocycles. The first-order chi connectivity index (χ1) is 13.2. The quantitative estimate of drug-likeness (QED) is 0.833. The Labute approximate surface area is 160 Å². The fourth-order valence-electron chi connectivity index (χ4n) is 3.11. The van der Waals surface area contributed by atoms with Crippen molar-refractivity contribution in [3.8, 4) is 0 Å². The van der Waals surface area contributed by atoms with Crippen molar-refractivity contribution in [1.29, 1.82) is 0 Å². The molecule has 0 saturated carbocycles. The molecule has 2 N–H and O–H groups in total. The van der Waals surface area contributed by atoms with E-state index in [2.05, 4.69) is 15.2 Å². The van der Waals surface area contributed by atoms with E-state index >= 15 is 0 Å². The highest BCUT2D eigenvalue weighted by molar-refractivity contribution is 5.92. The van der Waals surface area contributed by atoms with Crippen LogP contribution in [-0.2, 0) is 12.7 Å². The summed E-state index contributed by atoms with van der Waals surface area (Å²) in [4.78, 5) is 30.2. The summed E-state index contributed by atoms with van der Waals surface area (Å²) in [6, 6.07) is 7.74. The van der Waals surface area contributed by atoms with Crippen LogP contribution in [0.15, 0.2) is 41.2 Å². The molecule has 6 nitrogen and oxygen atoms in total. The number of piperazine rings is 1. The Hall–Kier alpha value is -2.81. The second kappa shape index (κ2) is 8.05. The normalized spacial score (nSPS) is 15.5. The van der Waals surface area contributed by atoms with Crippen molar-refractivity contribution in [2.75, 3.05) is 38.1 Å². The van der Waals surface area contributed by atoms with E-state index in [1.165, 1.54) is 24.3 Å². The van der Waals surface area contributed by atoms with Crippen LogP contribution in [0.5, 0.6) is 0 Å². The zero-order chi connectivity index (χ0) is 20.3. The summed E-state index contributed by atoms with van der Waals surface area (Å²) in [5.74, 6) is -0.556. The molecule has 1 amide bonds. The minimum atomic E-state index is -4.47. The first-order valence-electron chi connectivity index (χ1n) is 8.85. The minimum absolute atomic E-state index is 0.0561. The maximum absolute atomic E-state index is 13.2. The average Bonchev–Trinajstić information content (AvgIpc) is 2.66. The molecule has 2 heterocycles. The van der Waals surface area contributed by atoms with Crippen molar-refractivity contribution in [3.05, 3.63) is 63.6 Å². The molecule has 1 aromatic carbocycles. The lowest BCUT2D eigenvalue weighted by atomic mass is 10.1. The number of nitrogens with zero attached hydrogens (tertiary/aromatic N) is 2. The molecule has 0 radical (unpaired) electrons. The number of rotatable bonds is 4. The Morgan fingerprint density at radius 2 is 1.86 bits per heavy atom. The molecule has 1 aliphatic rings. The van der Waals surface area contributed by atoms with E-state index in [9.17, 15) is 22.8 Å². The summed E-state index contributed by atoms with van der Waals surface area (Å²) in [5, 5.41) is 2.60. The molecule has 3 rings (SSSR count). The number of hydrogen-bond acceptors (Lipinski definition) is 4. The molecule has 150 valence electrons. The molecule has 28 heavy (non-hydrogen) atoms. The topological polar surface area (TPSA) is 68.4 Å². The van der Waals surface area contributed by atoms with E-state index in [0.29, 0.717) is 24.3 Å². The third-order valence-electron chi connectivity index (χ3n) is 4.70. The highest BCUT2D eigenvalue weighted by Gasteiger charge is 2.31. The van der Waals surface area contributed by atoms with E-state index < -0.39 is 23.2 Å². The number of carbonyl (C=O) groups excluding carboxylic acids is 1. The molecule has 2 aromatic rings. The summed E-state index contributed by atoms with van der Waals surface area (Å²) < 4.78 is 39.5. The number of aromatic amines is 1. The number of H-pyrrole nitrogens is 1. The number of pyridine rings is 1. The van der Waals surface area contributed by atoms with Gasteiger partial charge in [0.2, 0.25) is 5.56 Å². The second-order valence-corrected chi connectivity index (χ2v) is 6.74. The van der Waals surface area contributed by atoms with E-state index in [1.807, 2.05) is 11.9 Å². The SMILES string of the molecule is CN1CCN(c2ccc(C(F)(F)F)cc2CNC(=O)c2cccc(=O)[nH]2)CC1. The van der Waals surface area contributed by atoms with Gasteiger partial charge in [0.25, 0.3) is 5.91 Å². The van der Waals surface area contributed by atoms with E-state index in [4.69, 9.17) is 0 Å². The lowest BCUT2D eigenvalue weighted by Crippen LogP contribution is -2.45. The molecule has 0 unspecified atom stereocenters. The Morgan fingerprint density at radius 3 is 2.50 bits per heavy atom. The predicted octanol–water partition coefficient (Wildman–Crippen LogP) is 2.08. The van der Waals surface area contributed by atoms with Crippen LogP contribution in [0.2, 0.25) is 0 Å². The maximum Gasteiger partial charge on any atom is 0.416 e. The highest BCUT2D eigenvalue weighted by atomic mass is 19.4. The predicted molar refractivity (Wildman–Crippen MR) is 99.4 cm³/mol. The van der Waals surface area contributed by atoms with Crippen molar-refractivity contribution in [2.45, 2.75) is 12.7 Å². The highest BCUT2D eigenvalue weighted by Crippen LogP contribution is 2.33. The van der Waals surface area contributed by atoms with Crippen LogP contribution in [0.1, 0.15) is 21.6 Å². The molecular formula is C19H21F3N4O2. The fourth-order valence-corrected chi connectivity index (χ4v) is 3.11. The molecule has 0 bridgehead atoms. The number of halogens is 3. The lowest BCUT2D eigenvalue weighted by Gasteiger charge is -2.35. The lowest BCUT2D eigenvalue weighted by molar-refractivity contribution is -0.137. The summed E-state index contributed by atoms with van der Waals surface area (Å²) >= 11 is 0. The second-order valence-electron chi connectivity index (χ2n) is 6.74. The molecule has 0 atom stereocenters. The van der Waals surface area contributed by atoms with Gasteiger partial charge >= 0.3 is 6.18 Å². The third kappa shape index (κ3) is 4.72. The van der Waals surface area contributed by atoms with Crippen molar-refractivity contribution in [2.24, 2.45) is 0 Å².